The maximum Gasteiger partial charge on any atom is 0.246 e. The van der Waals surface area contributed by atoms with Gasteiger partial charge in [-0.3, -0.25) is 4.79 Å². The molecular formula is C17H22N4O. The minimum Gasteiger partial charge on any atom is -0.329 e. The highest BCUT2D eigenvalue weighted by Crippen LogP contribution is 2.24. The van der Waals surface area contributed by atoms with E-state index in [1.165, 1.54) is 0 Å². The van der Waals surface area contributed by atoms with Crippen LogP contribution in [0.15, 0.2) is 30.3 Å². The Labute approximate surface area is 131 Å². The Morgan fingerprint density at radius 2 is 2.00 bits per heavy atom. The summed E-state index contributed by atoms with van der Waals surface area (Å²) in [6.07, 6.45) is 3.08. The number of carbonyl (C=O) groups is 1. The number of aromatic nitrogens is 3. The van der Waals surface area contributed by atoms with Gasteiger partial charge in [0.2, 0.25) is 5.91 Å². The van der Waals surface area contributed by atoms with Crippen LogP contribution in [0, 0.1) is 0 Å². The van der Waals surface area contributed by atoms with Gasteiger partial charge >= 0.3 is 0 Å². The van der Waals surface area contributed by atoms with E-state index in [0.717, 1.165) is 36.5 Å². The van der Waals surface area contributed by atoms with Gasteiger partial charge in [-0.15, -0.1) is 10.2 Å². The van der Waals surface area contributed by atoms with Crippen molar-refractivity contribution < 1.29 is 4.79 Å². The van der Waals surface area contributed by atoms with Crippen molar-refractivity contribution in [2.45, 2.75) is 52.2 Å². The standard InChI is InChI=1S/C17H22N4O/c1-3-4-10-15-18-19-16-12-20(17(22)13(2)21(15)16)11-14-8-6-5-7-9-14/h5-9,13H,3-4,10-12H2,1-2H3/t13-/m0/s1. The Bertz CT molecular complexity index is 650. The minimum absolute atomic E-state index is 0.147. The van der Waals surface area contributed by atoms with E-state index >= 15 is 0 Å². The van der Waals surface area contributed by atoms with Crippen LogP contribution in [0.3, 0.4) is 0 Å². The van der Waals surface area contributed by atoms with Crippen molar-refractivity contribution in [2.75, 3.05) is 0 Å². The molecule has 0 bridgehead atoms. The van der Waals surface area contributed by atoms with Crippen molar-refractivity contribution in [3.05, 3.63) is 47.5 Å². The third kappa shape index (κ3) is 2.75. The molecule has 5 heteroatoms. The molecule has 5 nitrogen and oxygen atoms in total. The molecule has 1 atom stereocenters. The molecule has 2 heterocycles. The average Bonchev–Trinajstić information content (AvgIpc) is 2.94. The third-order valence-electron chi connectivity index (χ3n) is 4.20. The molecule has 1 aliphatic rings. The van der Waals surface area contributed by atoms with Crippen molar-refractivity contribution in [2.24, 2.45) is 0 Å². The van der Waals surface area contributed by atoms with Gasteiger partial charge in [0.1, 0.15) is 11.9 Å². The minimum atomic E-state index is -0.214. The first-order chi connectivity index (χ1) is 10.7. The average molecular weight is 298 g/mol. The predicted octanol–water partition coefficient (Wildman–Crippen LogP) is 2.72. The smallest absolute Gasteiger partial charge is 0.246 e. The fraction of sp³-hybridized carbons (Fsp3) is 0.471. The van der Waals surface area contributed by atoms with E-state index in [9.17, 15) is 4.79 Å². The normalized spacial score (nSPS) is 17.6. The molecule has 0 saturated heterocycles. The van der Waals surface area contributed by atoms with Gasteiger partial charge in [-0.05, 0) is 18.9 Å². The molecule has 22 heavy (non-hydrogen) atoms. The fourth-order valence-electron chi connectivity index (χ4n) is 2.98. The number of hydrogen-bond acceptors (Lipinski definition) is 3. The number of rotatable bonds is 5. The van der Waals surface area contributed by atoms with Crippen LogP contribution in [0.2, 0.25) is 0 Å². The zero-order valence-corrected chi connectivity index (χ0v) is 13.2. The molecule has 0 radical (unpaired) electrons. The van der Waals surface area contributed by atoms with E-state index in [-0.39, 0.29) is 11.9 Å². The molecular weight excluding hydrogens is 276 g/mol. The number of amides is 1. The molecule has 0 fully saturated rings. The first kappa shape index (κ1) is 14.8. The predicted molar refractivity (Wildman–Crippen MR) is 84.0 cm³/mol. The maximum atomic E-state index is 12.7. The van der Waals surface area contributed by atoms with E-state index in [0.29, 0.717) is 13.1 Å². The number of benzene rings is 1. The van der Waals surface area contributed by atoms with Gasteiger partial charge in [0.05, 0.1) is 6.54 Å². The lowest BCUT2D eigenvalue weighted by Gasteiger charge is -2.32. The summed E-state index contributed by atoms with van der Waals surface area (Å²) in [6, 6.07) is 9.86. The number of fused-ring (bicyclic) bond motifs is 1. The van der Waals surface area contributed by atoms with Gasteiger partial charge < -0.3 is 9.47 Å². The van der Waals surface area contributed by atoms with Crippen molar-refractivity contribution in [3.8, 4) is 0 Å². The van der Waals surface area contributed by atoms with Crippen LogP contribution < -0.4 is 0 Å². The second kappa shape index (κ2) is 6.30. The highest BCUT2D eigenvalue weighted by atomic mass is 16.2. The zero-order chi connectivity index (χ0) is 15.5. The molecule has 0 unspecified atom stereocenters. The Morgan fingerprint density at radius 3 is 2.73 bits per heavy atom. The highest BCUT2D eigenvalue weighted by Gasteiger charge is 2.32. The summed E-state index contributed by atoms with van der Waals surface area (Å²) in [5.41, 5.74) is 1.14. The summed E-state index contributed by atoms with van der Waals surface area (Å²) in [4.78, 5) is 14.5. The molecule has 1 aromatic carbocycles. The van der Waals surface area contributed by atoms with Gasteiger partial charge in [0.25, 0.3) is 0 Å². The number of nitrogens with zero attached hydrogens (tertiary/aromatic N) is 4. The van der Waals surface area contributed by atoms with E-state index in [1.807, 2.05) is 46.7 Å². The molecule has 1 amide bonds. The summed E-state index contributed by atoms with van der Waals surface area (Å²) < 4.78 is 2.03. The number of hydrogen-bond donors (Lipinski definition) is 0. The lowest BCUT2D eigenvalue weighted by Crippen LogP contribution is -2.41. The lowest BCUT2D eigenvalue weighted by atomic mass is 10.1. The van der Waals surface area contributed by atoms with Crippen LogP contribution in [0.4, 0.5) is 0 Å². The van der Waals surface area contributed by atoms with Gasteiger partial charge in [0.15, 0.2) is 5.82 Å². The van der Waals surface area contributed by atoms with Crippen molar-refractivity contribution in [1.82, 2.24) is 19.7 Å². The molecule has 0 spiro atoms. The summed E-state index contributed by atoms with van der Waals surface area (Å²) >= 11 is 0. The van der Waals surface area contributed by atoms with Crippen molar-refractivity contribution >= 4 is 5.91 Å². The number of aryl methyl sites for hydroxylation is 1. The zero-order valence-electron chi connectivity index (χ0n) is 13.2. The van der Waals surface area contributed by atoms with E-state index in [2.05, 4.69) is 17.1 Å². The van der Waals surface area contributed by atoms with Crippen LogP contribution in [0.5, 0.6) is 0 Å². The lowest BCUT2D eigenvalue weighted by molar-refractivity contribution is -0.137. The Balaban J connectivity index is 1.81. The molecule has 0 saturated carbocycles. The monoisotopic (exact) mass is 298 g/mol. The number of carbonyl (C=O) groups excluding carboxylic acids is 1. The van der Waals surface area contributed by atoms with Gasteiger partial charge in [-0.25, -0.2) is 0 Å². The second-order valence-electron chi connectivity index (χ2n) is 5.86. The van der Waals surface area contributed by atoms with E-state index in [1.54, 1.807) is 0 Å². The van der Waals surface area contributed by atoms with Crippen molar-refractivity contribution in [3.63, 3.8) is 0 Å². The molecule has 3 rings (SSSR count). The van der Waals surface area contributed by atoms with Crippen LogP contribution >= 0.6 is 0 Å². The molecule has 1 aliphatic heterocycles. The Kier molecular flexibility index (Phi) is 4.22. The van der Waals surface area contributed by atoms with Crippen molar-refractivity contribution in [1.29, 1.82) is 0 Å². The summed E-state index contributed by atoms with van der Waals surface area (Å²) in [5, 5.41) is 8.60. The van der Waals surface area contributed by atoms with Gasteiger partial charge in [-0.1, -0.05) is 43.7 Å². The molecule has 2 aromatic rings. The van der Waals surface area contributed by atoms with Gasteiger partial charge in [-0.2, -0.15) is 0 Å². The number of unbranched alkanes of at least 4 members (excludes halogenated alkanes) is 1. The molecule has 116 valence electrons. The largest absolute Gasteiger partial charge is 0.329 e. The summed E-state index contributed by atoms with van der Waals surface area (Å²) in [6.45, 7) is 5.27. The Morgan fingerprint density at radius 1 is 1.23 bits per heavy atom. The van der Waals surface area contributed by atoms with E-state index in [4.69, 9.17) is 0 Å². The maximum absolute atomic E-state index is 12.7. The third-order valence-corrected chi connectivity index (χ3v) is 4.20. The van der Waals surface area contributed by atoms with Crippen LogP contribution in [-0.2, 0) is 24.3 Å². The molecule has 0 N–H and O–H groups in total. The first-order valence-electron chi connectivity index (χ1n) is 7.96. The first-order valence-corrected chi connectivity index (χ1v) is 7.96. The quantitative estimate of drug-likeness (QED) is 0.853. The van der Waals surface area contributed by atoms with Crippen LogP contribution in [0.25, 0.3) is 0 Å². The summed E-state index contributed by atoms with van der Waals surface area (Å²) in [5.74, 6) is 1.99. The van der Waals surface area contributed by atoms with E-state index < -0.39 is 0 Å². The Hall–Kier alpha value is -2.17. The highest BCUT2D eigenvalue weighted by molar-refractivity contribution is 5.81. The molecule has 0 aliphatic carbocycles. The van der Waals surface area contributed by atoms with Gasteiger partial charge in [0, 0.05) is 13.0 Å². The molecule has 1 aromatic heterocycles. The second-order valence-corrected chi connectivity index (χ2v) is 5.86. The fourth-order valence-corrected chi connectivity index (χ4v) is 2.98. The van der Waals surface area contributed by atoms with Crippen LogP contribution in [-0.4, -0.2) is 25.6 Å². The SMILES string of the molecule is CCCCc1nnc2n1[C@@H](C)C(=O)N(Cc1ccccc1)C2. The topological polar surface area (TPSA) is 51.0 Å². The summed E-state index contributed by atoms with van der Waals surface area (Å²) in [7, 11) is 0. The van der Waals surface area contributed by atoms with Crippen LogP contribution in [0.1, 0.15) is 49.9 Å².